The van der Waals surface area contributed by atoms with Crippen LogP contribution in [-0.2, 0) is 10.9 Å². The fraction of sp³-hybridized carbons (Fsp3) is 0.318. The van der Waals surface area contributed by atoms with Gasteiger partial charge in [0, 0.05) is 19.3 Å². The van der Waals surface area contributed by atoms with E-state index < -0.39 is 28.8 Å². The lowest BCUT2D eigenvalue weighted by Crippen LogP contribution is -2.40. The Hall–Kier alpha value is -3.42. The van der Waals surface area contributed by atoms with E-state index in [0.717, 1.165) is 6.07 Å². The van der Waals surface area contributed by atoms with Crippen LogP contribution < -0.4 is 10.6 Å². The third-order valence-corrected chi connectivity index (χ3v) is 6.05. The van der Waals surface area contributed by atoms with Gasteiger partial charge in [0.2, 0.25) is 0 Å². The van der Waals surface area contributed by atoms with Crippen LogP contribution in [0, 0.1) is 0 Å². The largest absolute Gasteiger partial charge is 0.417 e. The van der Waals surface area contributed by atoms with E-state index in [-0.39, 0.29) is 22.4 Å². The van der Waals surface area contributed by atoms with Crippen LogP contribution in [0.1, 0.15) is 34.7 Å². The molecule has 3 amide bonds. The van der Waals surface area contributed by atoms with Gasteiger partial charge in [0.25, 0.3) is 5.91 Å². The molecule has 2 N–H and O–H groups in total. The van der Waals surface area contributed by atoms with Crippen molar-refractivity contribution in [2.75, 3.05) is 31.6 Å². The summed E-state index contributed by atoms with van der Waals surface area (Å²) in [5.74, 6) is 0.464. The lowest BCUT2D eigenvalue weighted by molar-refractivity contribution is -0.137. The third-order valence-electron chi connectivity index (χ3n) is 5.43. The monoisotopic (exact) mass is 557 g/mol. The summed E-state index contributed by atoms with van der Waals surface area (Å²) in [5, 5.41) is 8.22. The predicted octanol–water partition coefficient (Wildman–Crippen LogP) is 4.34. The molecule has 0 saturated carbocycles. The molecule has 3 heterocycles. The molecule has 4 rings (SSSR count). The molecule has 196 valence electrons. The molecule has 0 radical (unpaired) electrons. The van der Waals surface area contributed by atoms with E-state index in [2.05, 4.69) is 25.7 Å². The molecular weight excluding hydrogens is 538 g/mol. The van der Waals surface area contributed by atoms with Crippen LogP contribution in [0.5, 0.6) is 0 Å². The first kappa shape index (κ1) is 26.6. The molecule has 1 fully saturated rings. The molecule has 0 bridgehead atoms. The second kappa shape index (κ2) is 10.9. The van der Waals surface area contributed by atoms with Gasteiger partial charge in [-0.25, -0.2) is 14.8 Å². The first-order valence-corrected chi connectivity index (χ1v) is 11.7. The first-order chi connectivity index (χ1) is 17.5. The highest BCUT2D eigenvalue weighted by molar-refractivity contribution is 6.37. The van der Waals surface area contributed by atoms with Crippen LogP contribution >= 0.6 is 23.2 Å². The fourth-order valence-electron chi connectivity index (χ4n) is 3.59. The molecule has 3 aromatic rings. The molecule has 0 aliphatic carbocycles. The minimum absolute atomic E-state index is 0.164. The van der Waals surface area contributed by atoms with Crippen LogP contribution in [0.3, 0.4) is 0 Å². The molecule has 37 heavy (non-hydrogen) atoms. The Balaban J connectivity index is 1.45. The lowest BCUT2D eigenvalue weighted by atomic mass is 10.2. The number of benzene rings is 1. The van der Waals surface area contributed by atoms with Crippen molar-refractivity contribution < 1.29 is 27.5 Å². The molecule has 0 spiro atoms. The predicted molar refractivity (Wildman–Crippen MR) is 128 cm³/mol. The number of alkyl halides is 3. The van der Waals surface area contributed by atoms with E-state index in [0.29, 0.717) is 43.8 Å². The quantitative estimate of drug-likeness (QED) is 0.482. The molecule has 1 saturated heterocycles. The third kappa shape index (κ3) is 6.12. The van der Waals surface area contributed by atoms with Gasteiger partial charge in [0.1, 0.15) is 6.33 Å². The number of amides is 3. The molecule has 1 aromatic carbocycles. The molecule has 1 aliphatic rings. The topological polar surface area (TPSA) is 114 Å². The number of morpholine rings is 1. The Morgan fingerprint density at radius 2 is 1.84 bits per heavy atom. The SMILES string of the molecule is CC(NC(=O)Nc1cc(C(F)(F)F)c(Cl)cc1Cl)c1ncnn1-c1ccc(C(=O)N2CCOCC2)cn1. The maximum absolute atomic E-state index is 13.2. The average molecular weight is 558 g/mol. The van der Waals surface area contributed by atoms with E-state index in [1.54, 1.807) is 24.0 Å². The molecule has 1 unspecified atom stereocenters. The number of ether oxygens (including phenoxy) is 1. The summed E-state index contributed by atoms with van der Waals surface area (Å²) < 4.78 is 46.1. The zero-order chi connectivity index (χ0) is 26.7. The van der Waals surface area contributed by atoms with Crippen LogP contribution in [0.25, 0.3) is 5.82 Å². The second-order valence-electron chi connectivity index (χ2n) is 7.97. The van der Waals surface area contributed by atoms with E-state index in [1.807, 2.05) is 0 Å². The molecule has 2 aromatic heterocycles. The maximum atomic E-state index is 13.2. The summed E-state index contributed by atoms with van der Waals surface area (Å²) in [4.78, 5) is 35.3. The Bertz CT molecular complexity index is 1300. The molecule has 15 heteroatoms. The molecular formula is C22H20Cl2F3N7O3. The van der Waals surface area contributed by atoms with Gasteiger partial charge in [0.15, 0.2) is 11.6 Å². The second-order valence-corrected chi connectivity index (χ2v) is 8.78. The number of hydrogen-bond donors (Lipinski definition) is 2. The zero-order valence-electron chi connectivity index (χ0n) is 19.2. The van der Waals surface area contributed by atoms with E-state index >= 15 is 0 Å². The van der Waals surface area contributed by atoms with Gasteiger partial charge in [-0.1, -0.05) is 23.2 Å². The number of carbonyl (C=O) groups excluding carboxylic acids is 2. The number of aromatic nitrogens is 4. The van der Waals surface area contributed by atoms with E-state index in [4.69, 9.17) is 27.9 Å². The standard InChI is InChI=1S/C22H20Cl2F3N7O3/c1-12(31-21(36)32-17-8-14(22(25,26)27)15(23)9-16(17)24)19-29-11-30-34(19)18-3-2-13(10-28-18)20(35)33-4-6-37-7-5-33/h2-3,8-12H,4-7H2,1H3,(H2,31,32,36). The number of carbonyl (C=O) groups is 2. The lowest BCUT2D eigenvalue weighted by Gasteiger charge is -2.26. The Labute approximate surface area is 218 Å². The van der Waals surface area contributed by atoms with Gasteiger partial charge in [0.05, 0.1) is 46.1 Å². The zero-order valence-corrected chi connectivity index (χ0v) is 20.7. The van der Waals surface area contributed by atoms with Crippen molar-refractivity contribution in [1.29, 1.82) is 0 Å². The van der Waals surface area contributed by atoms with E-state index in [1.165, 1.54) is 17.2 Å². The van der Waals surface area contributed by atoms with Gasteiger partial charge >= 0.3 is 12.2 Å². The first-order valence-electron chi connectivity index (χ1n) is 10.9. The van der Waals surface area contributed by atoms with Crippen molar-refractivity contribution in [3.05, 3.63) is 63.8 Å². The summed E-state index contributed by atoms with van der Waals surface area (Å²) >= 11 is 11.6. The van der Waals surface area contributed by atoms with Gasteiger partial charge in [-0.2, -0.15) is 23.0 Å². The van der Waals surface area contributed by atoms with Crippen molar-refractivity contribution in [3.8, 4) is 5.82 Å². The number of rotatable bonds is 5. The number of halogens is 5. The smallest absolute Gasteiger partial charge is 0.378 e. The number of pyridine rings is 1. The van der Waals surface area contributed by atoms with Crippen LogP contribution in [0.4, 0.5) is 23.7 Å². The van der Waals surface area contributed by atoms with Crippen LogP contribution in [0.15, 0.2) is 36.8 Å². The number of nitrogens with one attached hydrogen (secondary N) is 2. The van der Waals surface area contributed by atoms with Crippen molar-refractivity contribution in [2.24, 2.45) is 0 Å². The van der Waals surface area contributed by atoms with Crippen LogP contribution in [-0.4, -0.2) is 62.9 Å². The maximum Gasteiger partial charge on any atom is 0.417 e. The minimum Gasteiger partial charge on any atom is -0.378 e. The van der Waals surface area contributed by atoms with Gasteiger partial charge in [-0.15, -0.1) is 0 Å². The Kier molecular flexibility index (Phi) is 7.85. The van der Waals surface area contributed by atoms with Crippen LogP contribution in [0.2, 0.25) is 10.0 Å². The Morgan fingerprint density at radius 1 is 1.11 bits per heavy atom. The number of hydrogen-bond acceptors (Lipinski definition) is 6. The number of urea groups is 1. The van der Waals surface area contributed by atoms with Gasteiger partial charge in [-0.05, 0) is 31.2 Å². The molecule has 1 aliphatic heterocycles. The minimum atomic E-state index is -4.73. The van der Waals surface area contributed by atoms with Crippen molar-refractivity contribution >= 4 is 40.8 Å². The van der Waals surface area contributed by atoms with Crippen molar-refractivity contribution in [1.82, 2.24) is 30.0 Å². The van der Waals surface area contributed by atoms with Crippen molar-refractivity contribution in [3.63, 3.8) is 0 Å². The van der Waals surface area contributed by atoms with Crippen molar-refractivity contribution in [2.45, 2.75) is 19.1 Å². The van der Waals surface area contributed by atoms with Gasteiger partial charge in [-0.3, -0.25) is 4.79 Å². The normalized spacial score (nSPS) is 14.8. The summed E-state index contributed by atoms with van der Waals surface area (Å²) in [7, 11) is 0. The van der Waals surface area contributed by atoms with E-state index in [9.17, 15) is 22.8 Å². The highest BCUT2D eigenvalue weighted by Crippen LogP contribution is 2.39. The molecule has 10 nitrogen and oxygen atoms in total. The summed E-state index contributed by atoms with van der Waals surface area (Å²) in [6.07, 6.45) is -2.05. The average Bonchev–Trinajstić information content (AvgIpc) is 3.35. The fourth-order valence-corrected chi connectivity index (χ4v) is 4.13. The summed E-state index contributed by atoms with van der Waals surface area (Å²) in [6, 6.07) is 3.18. The molecule has 1 atom stereocenters. The highest BCUT2D eigenvalue weighted by atomic mass is 35.5. The highest BCUT2D eigenvalue weighted by Gasteiger charge is 2.34. The number of nitrogens with zero attached hydrogens (tertiary/aromatic N) is 5. The summed E-state index contributed by atoms with van der Waals surface area (Å²) in [6.45, 7) is 3.55. The number of anilines is 1. The Morgan fingerprint density at radius 3 is 2.49 bits per heavy atom. The summed E-state index contributed by atoms with van der Waals surface area (Å²) in [5.41, 5.74) is -1.01. The van der Waals surface area contributed by atoms with Gasteiger partial charge < -0.3 is 20.3 Å².